The number of tetrazole rings is 1. The highest BCUT2D eigenvalue weighted by molar-refractivity contribution is 5.21. The Morgan fingerprint density at radius 3 is 2.71 bits per heavy atom. The fourth-order valence-electron chi connectivity index (χ4n) is 3.18. The Hall–Kier alpha value is -1.82. The van der Waals surface area contributed by atoms with E-state index < -0.39 is 0 Å². The van der Waals surface area contributed by atoms with Crippen molar-refractivity contribution in [2.24, 2.45) is 0 Å². The lowest BCUT2D eigenvalue weighted by Gasteiger charge is -2.24. The molecule has 1 aromatic heterocycles. The molecule has 2 heterocycles. The summed E-state index contributed by atoms with van der Waals surface area (Å²) in [6, 6.07) is 7.71. The smallest absolute Gasteiger partial charge is 0.165 e. The number of likely N-dealkylation sites (tertiary alicyclic amines) is 1. The first-order chi connectivity index (χ1) is 10.3. The van der Waals surface area contributed by atoms with Gasteiger partial charge in [0, 0.05) is 6.04 Å². The molecule has 0 spiro atoms. The van der Waals surface area contributed by atoms with Crippen LogP contribution in [-0.4, -0.2) is 31.7 Å². The van der Waals surface area contributed by atoms with Crippen molar-refractivity contribution >= 4 is 0 Å². The van der Waals surface area contributed by atoms with E-state index in [0.29, 0.717) is 12.1 Å². The van der Waals surface area contributed by atoms with Gasteiger partial charge in [-0.1, -0.05) is 12.1 Å². The third kappa shape index (κ3) is 2.55. The van der Waals surface area contributed by atoms with E-state index in [1.807, 2.05) is 16.8 Å². The summed E-state index contributed by atoms with van der Waals surface area (Å²) < 4.78 is 15.1. The molecule has 1 atom stereocenters. The molecule has 0 N–H and O–H groups in total. The van der Waals surface area contributed by atoms with Crippen molar-refractivity contribution in [2.45, 2.75) is 44.3 Å². The van der Waals surface area contributed by atoms with E-state index in [9.17, 15) is 4.39 Å². The van der Waals surface area contributed by atoms with Crippen LogP contribution in [0, 0.1) is 5.82 Å². The van der Waals surface area contributed by atoms with Crippen LogP contribution in [-0.2, 0) is 6.54 Å². The van der Waals surface area contributed by atoms with Gasteiger partial charge in [0.1, 0.15) is 5.82 Å². The van der Waals surface area contributed by atoms with Gasteiger partial charge in [-0.3, -0.25) is 4.90 Å². The summed E-state index contributed by atoms with van der Waals surface area (Å²) in [6.45, 7) is 1.81. The number of nitrogens with zero attached hydrogens (tertiary/aromatic N) is 5. The van der Waals surface area contributed by atoms with E-state index in [1.165, 1.54) is 18.4 Å². The second kappa shape index (κ2) is 5.18. The van der Waals surface area contributed by atoms with Crippen LogP contribution in [0.15, 0.2) is 24.3 Å². The summed E-state index contributed by atoms with van der Waals surface area (Å²) in [7, 11) is 0. The molecule has 1 aliphatic carbocycles. The highest BCUT2D eigenvalue weighted by Gasteiger charge is 2.31. The Morgan fingerprint density at radius 2 is 1.95 bits per heavy atom. The van der Waals surface area contributed by atoms with Crippen LogP contribution in [0.1, 0.15) is 49.2 Å². The van der Waals surface area contributed by atoms with Gasteiger partial charge in [-0.25, -0.2) is 9.07 Å². The normalized spacial score (nSPS) is 22.8. The molecule has 0 amide bonds. The zero-order valence-corrected chi connectivity index (χ0v) is 11.8. The zero-order chi connectivity index (χ0) is 14.2. The third-order valence-electron chi connectivity index (χ3n) is 4.42. The summed E-state index contributed by atoms with van der Waals surface area (Å²) in [6.07, 6.45) is 4.63. The van der Waals surface area contributed by atoms with Gasteiger partial charge in [0.2, 0.25) is 0 Å². The van der Waals surface area contributed by atoms with Gasteiger partial charge in [-0.05, 0) is 60.4 Å². The fourth-order valence-corrected chi connectivity index (χ4v) is 3.18. The lowest BCUT2D eigenvalue weighted by Crippen LogP contribution is -2.25. The zero-order valence-electron chi connectivity index (χ0n) is 11.8. The maximum atomic E-state index is 13.1. The summed E-state index contributed by atoms with van der Waals surface area (Å²) in [5.41, 5.74) is 1.18. The fraction of sp³-hybridized carbons (Fsp3) is 0.533. The van der Waals surface area contributed by atoms with Crippen molar-refractivity contribution in [1.82, 2.24) is 25.1 Å². The number of hydrogen-bond donors (Lipinski definition) is 0. The molecule has 2 aromatic rings. The van der Waals surface area contributed by atoms with E-state index >= 15 is 0 Å². The standard InChI is InChI=1S/C15H18FN5/c16-12-5-3-11(4-6-12)14-2-1-9-20(14)10-15-17-18-19-21(15)13-7-8-13/h3-6,13-14H,1-2,7-10H2/t14-/m0/s1. The quantitative estimate of drug-likeness (QED) is 0.866. The molecule has 1 aliphatic heterocycles. The number of hydrogen-bond acceptors (Lipinski definition) is 4. The maximum absolute atomic E-state index is 13.1. The van der Waals surface area contributed by atoms with Crippen molar-refractivity contribution in [2.75, 3.05) is 6.54 Å². The van der Waals surface area contributed by atoms with Crippen LogP contribution in [0.25, 0.3) is 0 Å². The first-order valence-corrected chi connectivity index (χ1v) is 7.57. The van der Waals surface area contributed by atoms with E-state index in [0.717, 1.165) is 31.8 Å². The molecule has 0 unspecified atom stereocenters. The molecule has 1 saturated carbocycles. The average Bonchev–Trinajstić information content (AvgIpc) is 3.06. The molecular weight excluding hydrogens is 269 g/mol. The van der Waals surface area contributed by atoms with E-state index in [-0.39, 0.29) is 5.82 Å². The number of benzene rings is 1. The highest BCUT2D eigenvalue weighted by Crippen LogP contribution is 2.36. The number of aromatic nitrogens is 4. The molecule has 5 nitrogen and oxygen atoms in total. The molecule has 21 heavy (non-hydrogen) atoms. The summed E-state index contributed by atoms with van der Waals surface area (Å²) >= 11 is 0. The molecule has 6 heteroatoms. The molecule has 0 bridgehead atoms. The van der Waals surface area contributed by atoms with Crippen molar-refractivity contribution in [3.8, 4) is 0 Å². The Kier molecular flexibility index (Phi) is 3.18. The second-order valence-corrected chi connectivity index (χ2v) is 5.95. The van der Waals surface area contributed by atoms with E-state index in [4.69, 9.17) is 0 Å². The van der Waals surface area contributed by atoms with Gasteiger partial charge >= 0.3 is 0 Å². The van der Waals surface area contributed by atoms with Gasteiger partial charge in [-0.15, -0.1) is 5.10 Å². The summed E-state index contributed by atoms with van der Waals surface area (Å²) in [5.74, 6) is 0.771. The van der Waals surface area contributed by atoms with Crippen LogP contribution in [0.4, 0.5) is 4.39 Å². The molecule has 0 radical (unpaired) electrons. The molecule has 110 valence electrons. The van der Waals surface area contributed by atoms with Crippen molar-refractivity contribution < 1.29 is 4.39 Å². The molecule has 2 aliphatic rings. The van der Waals surface area contributed by atoms with Crippen LogP contribution < -0.4 is 0 Å². The van der Waals surface area contributed by atoms with E-state index in [1.54, 1.807) is 12.1 Å². The van der Waals surface area contributed by atoms with Gasteiger partial charge in [0.15, 0.2) is 5.82 Å². The van der Waals surface area contributed by atoms with Crippen molar-refractivity contribution in [1.29, 1.82) is 0 Å². The van der Waals surface area contributed by atoms with Crippen LogP contribution >= 0.6 is 0 Å². The summed E-state index contributed by atoms with van der Waals surface area (Å²) in [4.78, 5) is 2.40. The second-order valence-electron chi connectivity index (χ2n) is 5.95. The Morgan fingerprint density at radius 1 is 1.14 bits per heavy atom. The number of rotatable bonds is 4. The minimum Gasteiger partial charge on any atom is -0.289 e. The summed E-state index contributed by atoms with van der Waals surface area (Å²) in [5, 5.41) is 12.1. The van der Waals surface area contributed by atoms with Gasteiger partial charge < -0.3 is 0 Å². The number of halogens is 1. The Balaban J connectivity index is 1.53. The molecule has 1 saturated heterocycles. The van der Waals surface area contributed by atoms with Crippen molar-refractivity contribution in [3.63, 3.8) is 0 Å². The molecule has 1 aromatic carbocycles. The Bertz CT molecular complexity index is 619. The molecular formula is C15H18FN5. The van der Waals surface area contributed by atoms with Gasteiger partial charge in [-0.2, -0.15) is 0 Å². The van der Waals surface area contributed by atoms with Crippen molar-refractivity contribution in [3.05, 3.63) is 41.5 Å². The predicted octanol–water partition coefficient (Wildman–Crippen LogP) is 2.48. The minimum absolute atomic E-state index is 0.180. The van der Waals surface area contributed by atoms with Crippen LogP contribution in [0.5, 0.6) is 0 Å². The van der Waals surface area contributed by atoms with Crippen LogP contribution in [0.3, 0.4) is 0 Å². The van der Waals surface area contributed by atoms with Crippen LogP contribution in [0.2, 0.25) is 0 Å². The first kappa shape index (κ1) is 12.9. The lowest BCUT2D eigenvalue weighted by atomic mass is 10.0. The lowest BCUT2D eigenvalue weighted by molar-refractivity contribution is 0.237. The van der Waals surface area contributed by atoms with Gasteiger partial charge in [0.25, 0.3) is 0 Å². The van der Waals surface area contributed by atoms with Gasteiger partial charge in [0.05, 0.1) is 12.6 Å². The predicted molar refractivity (Wildman–Crippen MR) is 74.9 cm³/mol. The molecule has 4 rings (SSSR count). The average molecular weight is 287 g/mol. The Labute approximate surface area is 122 Å². The topological polar surface area (TPSA) is 46.8 Å². The van der Waals surface area contributed by atoms with E-state index in [2.05, 4.69) is 20.4 Å². The SMILES string of the molecule is Fc1ccc([C@@H]2CCCN2Cc2nnnn2C2CC2)cc1. The monoisotopic (exact) mass is 287 g/mol. The first-order valence-electron chi connectivity index (χ1n) is 7.57. The minimum atomic E-state index is -0.180. The highest BCUT2D eigenvalue weighted by atomic mass is 19.1. The maximum Gasteiger partial charge on any atom is 0.165 e. The third-order valence-corrected chi connectivity index (χ3v) is 4.42. The molecule has 2 fully saturated rings. The largest absolute Gasteiger partial charge is 0.289 e.